The molecule has 234 valence electrons. The summed E-state index contributed by atoms with van der Waals surface area (Å²) in [5.41, 5.74) is 4.81. The first-order chi connectivity index (χ1) is 22.4. The van der Waals surface area contributed by atoms with E-state index in [0.717, 1.165) is 27.9 Å². The Morgan fingerprint density at radius 1 is 0.696 bits per heavy atom. The quantitative estimate of drug-likeness (QED) is 0.143. The molecule has 4 atom stereocenters. The highest BCUT2D eigenvalue weighted by atomic mass is 16.6. The standard InChI is InChI=1S/C36H35N5O5/c42-34-32(21-25-9-3-1-4-10-25)39(23-27-13-7-15-29(19-27)31-17-18-37-38-31)36(44)40(24-28-14-8-16-30(20-28)41(45)46)33(35(34)43)22-26-11-5-2-6-12-26/h1-20,32-35,42-43H,21-24H2,(H,37,38)/t32-,33-,34+,35+/m1/s1. The molecule has 10 heteroatoms. The van der Waals surface area contributed by atoms with E-state index in [9.17, 15) is 25.1 Å². The van der Waals surface area contributed by atoms with Gasteiger partial charge in [0.15, 0.2) is 0 Å². The van der Waals surface area contributed by atoms with Crippen molar-refractivity contribution in [1.29, 1.82) is 0 Å². The molecule has 2 heterocycles. The van der Waals surface area contributed by atoms with Gasteiger partial charge < -0.3 is 20.0 Å². The van der Waals surface area contributed by atoms with E-state index in [0.29, 0.717) is 12.0 Å². The van der Waals surface area contributed by atoms with Crippen LogP contribution in [0.5, 0.6) is 0 Å². The lowest BCUT2D eigenvalue weighted by Gasteiger charge is -2.36. The largest absolute Gasteiger partial charge is 0.388 e. The van der Waals surface area contributed by atoms with Crippen molar-refractivity contribution in [2.75, 3.05) is 0 Å². The molecule has 4 aromatic carbocycles. The topological polar surface area (TPSA) is 136 Å². The van der Waals surface area contributed by atoms with Gasteiger partial charge in [-0.1, -0.05) is 91.0 Å². The number of nitrogens with one attached hydrogen (secondary N) is 1. The van der Waals surface area contributed by atoms with Crippen LogP contribution >= 0.6 is 0 Å². The summed E-state index contributed by atoms with van der Waals surface area (Å²) in [5, 5.41) is 42.4. The van der Waals surface area contributed by atoms with E-state index in [-0.39, 0.29) is 31.2 Å². The van der Waals surface area contributed by atoms with Crippen LogP contribution in [0.1, 0.15) is 22.3 Å². The lowest BCUT2D eigenvalue weighted by molar-refractivity contribution is -0.384. The van der Waals surface area contributed by atoms with Crippen LogP contribution in [-0.4, -0.2) is 65.5 Å². The zero-order chi connectivity index (χ0) is 32.0. The SMILES string of the molecule is O=C1N(Cc2cccc(-c3ccn[nH]3)c2)[C@H](Cc2ccccc2)[C@H](O)[C@@H](O)[C@@H](Cc2ccccc2)N1Cc1cccc([N+](=O)[O-])c1. The number of rotatable bonds is 10. The summed E-state index contributed by atoms with van der Waals surface area (Å²) in [6.45, 7) is 0.163. The van der Waals surface area contributed by atoms with Crippen molar-refractivity contribution in [3.8, 4) is 11.3 Å². The third-order valence-corrected chi connectivity index (χ3v) is 8.57. The Labute approximate surface area is 266 Å². The van der Waals surface area contributed by atoms with Gasteiger partial charge in [0.25, 0.3) is 5.69 Å². The first-order valence-electron chi connectivity index (χ1n) is 15.2. The Morgan fingerprint density at radius 3 is 1.74 bits per heavy atom. The van der Waals surface area contributed by atoms with Gasteiger partial charge in [-0.2, -0.15) is 5.10 Å². The summed E-state index contributed by atoms with van der Waals surface area (Å²) in [6.07, 6.45) is -0.330. The van der Waals surface area contributed by atoms with Crippen LogP contribution in [0.2, 0.25) is 0 Å². The molecule has 6 rings (SSSR count). The zero-order valence-electron chi connectivity index (χ0n) is 25.1. The Morgan fingerprint density at radius 2 is 1.22 bits per heavy atom. The minimum absolute atomic E-state index is 0.00450. The number of non-ortho nitro benzene ring substituents is 1. The maximum Gasteiger partial charge on any atom is 0.321 e. The molecule has 10 nitrogen and oxygen atoms in total. The zero-order valence-corrected chi connectivity index (χ0v) is 25.1. The van der Waals surface area contributed by atoms with Gasteiger partial charge in [0.1, 0.15) is 12.2 Å². The summed E-state index contributed by atoms with van der Waals surface area (Å²) in [7, 11) is 0. The predicted molar refractivity (Wildman–Crippen MR) is 173 cm³/mol. The van der Waals surface area contributed by atoms with Gasteiger partial charge in [0.2, 0.25) is 0 Å². The van der Waals surface area contributed by atoms with Gasteiger partial charge in [-0.05, 0) is 52.8 Å². The number of amides is 2. The number of nitrogens with zero attached hydrogens (tertiary/aromatic N) is 4. The second-order valence-corrected chi connectivity index (χ2v) is 11.6. The summed E-state index contributed by atoms with van der Waals surface area (Å²) in [6, 6.07) is 32.9. The van der Waals surface area contributed by atoms with Gasteiger partial charge in [0.05, 0.1) is 22.7 Å². The third-order valence-electron chi connectivity index (χ3n) is 8.57. The van der Waals surface area contributed by atoms with E-state index in [2.05, 4.69) is 10.2 Å². The number of nitro benzene ring substituents is 1. The van der Waals surface area contributed by atoms with Gasteiger partial charge in [-0.25, -0.2) is 4.79 Å². The van der Waals surface area contributed by atoms with Crippen LogP contribution in [0.25, 0.3) is 11.3 Å². The first-order valence-corrected chi connectivity index (χ1v) is 15.2. The van der Waals surface area contributed by atoms with Crippen LogP contribution in [-0.2, 0) is 25.9 Å². The van der Waals surface area contributed by atoms with Crippen molar-refractivity contribution in [2.24, 2.45) is 0 Å². The maximum atomic E-state index is 14.9. The van der Waals surface area contributed by atoms with Crippen molar-refractivity contribution in [1.82, 2.24) is 20.0 Å². The van der Waals surface area contributed by atoms with E-state index in [1.165, 1.54) is 12.1 Å². The Hall–Kier alpha value is -5.32. The van der Waals surface area contributed by atoms with E-state index in [1.807, 2.05) is 91.0 Å². The molecule has 0 saturated carbocycles. The number of aliphatic hydroxyl groups excluding tert-OH is 2. The molecule has 46 heavy (non-hydrogen) atoms. The van der Waals surface area contributed by atoms with Crippen molar-refractivity contribution in [2.45, 2.75) is 50.2 Å². The molecule has 5 aromatic rings. The fourth-order valence-corrected chi connectivity index (χ4v) is 6.23. The normalized spacial score (nSPS) is 20.0. The summed E-state index contributed by atoms with van der Waals surface area (Å²) < 4.78 is 0. The van der Waals surface area contributed by atoms with Crippen LogP contribution in [0.3, 0.4) is 0 Å². The second-order valence-electron chi connectivity index (χ2n) is 11.6. The second kappa shape index (κ2) is 13.8. The molecule has 0 bridgehead atoms. The molecule has 1 fully saturated rings. The van der Waals surface area contributed by atoms with E-state index < -0.39 is 29.2 Å². The number of carbonyl (C=O) groups is 1. The third kappa shape index (κ3) is 6.83. The van der Waals surface area contributed by atoms with Crippen molar-refractivity contribution in [3.63, 3.8) is 0 Å². The molecule has 0 aliphatic carbocycles. The van der Waals surface area contributed by atoms with Gasteiger partial charge in [-0.3, -0.25) is 15.2 Å². The predicted octanol–water partition coefficient (Wildman–Crippen LogP) is 5.37. The lowest BCUT2D eigenvalue weighted by Crippen LogP contribution is -2.50. The van der Waals surface area contributed by atoms with Crippen LogP contribution < -0.4 is 0 Å². The molecular weight excluding hydrogens is 582 g/mol. The van der Waals surface area contributed by atoms with Gasteiger partial charge in [-0.15, -0.1) is 0 Å². The average molecular weight is 618 g/mol. The van der Waals surface area contributed by atoms with Gasteiger partial charge >= 0.3 is 6.03 Å². The van der Waals surface area contributed by atoms with Crippen molar-refractivity contribution in [3.05, 3.63) is 154 Å². The number of H-pyrrole nitrogens is 1. The molecule has 1 aromatic heterocycles. The Balaban J connectivity index is 1.43. The maximum absolute atomic E-state index is 14.9. The monoisotopic (exact) mass is 617 g/mol. The Kier molecular flexibility index (Phi) is 9.18. The molecule has 0 spiro atoms. The molecule has 1 saturated heterocycles. The van der Waals surface area contributed by atoms with Crippen molar-refractivity contribution < 1.29 is 19.9 Å². The van der Waals surface area contributed by atoms with E-state index in [4.69, 9.17) is 0 Å². The number of urea groups is 1. The molecule has 3 N–H and O–H groups in total. The number of aliphatic hydroxyl groups is 2. The number of benzene rings is 4. The van der Waals surface area contributed by atoms with Gasteiger partial charge in [0, 0.05) is 31.4 Å². The highest BCUT2D eigenvalue weighted by Gasteiger charge is 2.46. The summed E-state index contributed by atoms with van der Waals surface area (Å²) in [5.74, 6) is 0. The number of hydrogen-bond donors (Lipinski definition) is 3. The van der Waals surface area contributed by atoms with E-state index >= 15 is 0 Å². The highest BCUT2D eigenvalue weighted by Crippen LogP contribution is 2.31. The first kappa shape index (κ1) is 30.7. The average Bonchev–Trinajstić information content (AvgIpc) is 3.62. The number of aromatic amines is 1. The van der Waals surface area contributed by atoms with Crippen LogP contribution in [0.4, 0.5) is 10.5 Å². The Bertz CT molecular complexity index is 1770. The van der Waals surface area contributed by atoms with Crippen molar-refractivity contribution >= 4 is 11.7 Å². The van der Waals surface area contributed by atoms with Crippen LogP contribution in [0.15, 0.2) is 121 Å². The number of carbonyl (C=O) groups excluding carboxylic acids is 1. The summed E-state index contributed by atoms with van der Waals surface area (Å²) in [4.78, 5) is 29.2. The molecule has 0 unspecified atom stereocenters. The minimum atomic E-state index is -1.31. The molecule has 1 aliphatic rings. The minimum Gasteiger partial charge on any atom is -0.388 e. The van der Waals surface area contributed by atoms with E-state index in [1.54, 1.807) is 28.1 Å². The summed E-state index contributed by atoms with van der Waals surface area (Å²) >= 11 is 0. The molecular formula is C36H35N5O5. The smallest absolute Gasteiger partial charge is 0.321 e. The van der Waals surface area contributed by atoms with Crippen LogP contribution in [0, 0.1) is 10.1 Å². The number of hydrogen-bond acceptors (Lipinski definition) is 6. The fourth-order valence-electron chi connectivity index (χ4n) is 6.23. The number of aromatic nitrogens is 2. The number of nitro groups is 1. The lowest BCUT2D eigenvalue weighted by atomic mass is 9.91. The molecule has 1 aliphatic heterocycles. The molecule has 2 amide bonds. The fraction of sp³-hybridized carbons (Fsp3) is 0.222. The highest BCUT2D eigenvalue weighted by molar-refractivity contribution is 5.76. The molecule has 0 radical (unpaired) electrons.